The highest BCUT2D eigenvalue weighted by atomic mass is 16.5. The average molecular weight is 345 g/mol. The summed E-state index contributed by atoms with van der Waals surface area (Å²) < 4.78 is 12.6. The number of hydrogen-bond donors (Lipinski definition) is 0. The number of para-hydroxylation sites is 1. The molecule has 0 aliphatic rings. The van der Waals surface area contributed by atoms with Crippen molar-refractivity contribution in [1.29, 1.82) is 0 Å². The minimum atomic E-state index is -0.0384. The quantitative estimate of drug-likeness (QED) is 0.520. The first-order valence-corrected chi connectivity index (χ1v) is 8.44. The van der Waals surface area contributed by atoms with E-state index >= 15 is 0 Å². The van der Waals surface area contributed by atoms with Gasteiger partial charge in [0.2, 0.25) is 0 Å². The molecule has 0 aliphatic carbocycles. The number of aromatic nitrogens is 1. The van der Waals surface area contributed by atoms with Gasteiger partial charge < -0.3 is 14.0 Å². The third-order valence-electron chi connectivity index (χ3n) is 4.67. The van der Waals surface area contributed by atoms with Gasteiger partial charge >= 0.3 is 0 Å². The second-order valence-electron chi connectivity index (χ2n) is 6.15. The van der Waals surface area contributed by atoms with Crippen LogP contribution in [0.3, 0.4) is 0 Å². The summed E-state index contributed by atoms with van der Waals surface area (Å²) in [5.74, 6) is 1.17. The topological polar surface area (TPSA) is 40.5 Å². The van der Waals surface area contributed by atoms with Crippen molar-refractivity contribution in [3.63, 3.8) is 0 Å². The Morgan fingerprint density at radius 3 is 2.08 bits per heavy atom. The lowest BCUT2D eigenvalue weighted by Gasteiger charge is -2.15. The van der Waals surface area contributed by atoms with Crippen LogP contribution in [0.4, 0.5) is 0 Å². The Bertz CT molecular complexity index is 1150. The van der Waals surface area contributed by atoms with E-state index in [2.05, 4.69) is 0 Å². The Morgan fingerprint density at radius 2 is 1.38 bits per heavy atom. The molecule has 4 heteroatoms. The molecule has 0 spiro atoms. The molecule has 0 fully saturated rings. The molecule has 1 heterocycles. The van der Waals surface area contributed by atoms with E-state index in [-0.39, 0.29) is 5.56 Å². The molecule has 1 aromatic heterocycles. The van der Waals surface area contributed by atoms with E-state index in [0.29, 0.717) is 23.4 Å². The van der Waals surface area contributed by atoms with Crippen LogP contribution in [0.25, 0.3) is 21.7 Å². The molecule has 0 unspecified atom stereocenters. The molecule has 0 bridgehead atoms. The highest BCUT2D eigenvalue weighted by molar-refractivity contribution is 6.06. The summed E-state index contributed by atoms with van der Waals surface area (Å²) in [5.41, 5.74) is 1.95. The maximum atomic E-state index is 13.3. The fourth-order valence-corrected chi connectivity index (χ4v) is 3.39. The molecule has 0 radical (unpaired) electrons. The standard InChI is InChI=1S/C22H19NO3/c1-25-20-12-17-16-10-6-7-11-19(16)23(14-15-8-4-3-5-9-15)22(24)18(17)13-21(20)26-2/h3-13H,14H2,1-2H3. The molecule has 0 N–H and O–H groups in total. The van der Waals surface area contributed by atoms with Crippen molar-refractivity contribution in [3.8, 4) is 11.5 Å². The van der Waals surface area contributed by atoms with Crippen molar-refractivity contribution in [1.82, 2.24) is 4.57 Å². The molecule has 0 aliphatic heterocycles. The van der Waals surface area contributed by atoms with Crippen LogP contribution < -0.4 is 15.0 Å². The van der Waals surface area contributed by atoms with Gasteiger partial charge in [-0.3, -0.25) is 4.79 Å². The first kappa shape index (κ1) is 16.2. The van der Waals surface area contributed by atoms with Crippen LogP contribution in [0.15, 0.2) is 71.5 Å². The summed E-state index contributed by atoms with van der Waals surface area (Å²) >= 11 is 0. The van der Waals surface area contributed by atoms with Gasteiger partial charge in [0.25, 0.3) is 5.56 Å². The number of ether oxygens (including phenoxy) is 2. The third kappa shape index (κ3) is 2.60. The summed E-state index contributed by atoms with van der Waals surface area (Å²) in [6.07, 6.45) is 0. The predicted octanol–water partition coefficient (Wildman–Crippen LogP) is 4.22. The van der Waals surface area contributed by atoms with Crippen molar-refractivity contribution in [2.45, 2.75) is 6.54 Å². The molecule has 4 nitrogen and oxygen atoms in total. The van der Waals surface area contributed by atoms with E-state index in [1.807, 2.05) is 65.2 Å². The normalized spacial score (nSPS) is 11.0. The number of pyridine rings is 1. The molecule has 0 atom stereocenters. The molecule has 130 valence electrons. The van der Waals surface area contributed by atoms with Crippen LogP contribution in [-0.4, -0.2) is 18.8 Å². The number of benzene rings is 3. The maximum Gasteiger partial charge on any atom is 0.259 e. The van der Waals surface area contributed by atoms with Gasteiger partial charge in [-0.2, -0.15) is 0 Å². The number of nitrogens with zero attached hydrogens (tertiary/aromatic N) is 1. The zero-order valence-electron chi connectivity index (χ0n) is 14.7. The van der Waals surface area contributed by atoms with Crippen LogP contribution in [0.5, 0.6) is 11.5 Å². The molecule has 0 amide bonds. The first-order valence-electron chi connectivity index (χ1n) is 8.44. The molecule has 4 rings (SSSR count). The minimum Gasteiger partial charge on any atom is -0.493 e. The van der Waals surface area contributed by atoms with Gasteiger partial charge in [0.15, 0.2) is 11.5 Å². The second kappa shape index (κ2) is 6.56. The molecule has 4 aromatic rings. The fourth-order valence-electron chi connectivity index (χ4n) is 3.39. The predicted molar refractivity (Wildman–Crippen MR) is 104 cm³/mol. The number of methoxy groups -OCH3 is 2. The molecule has 0 saturated heterocycles. The molecule has 0 saturated carbocycles. The molecular weight excluding hydrogens is 326 g/mol. The average Bonchev–Trinajstić information content (AvgIpc) is 2.70. The van der Waals surface area contributed by atoms with E-state index in [1.165, 1.54) is 0 Å². The Kier molecular flexibility index (Phi) is 4.09. The zero-order valence-corrected chi connectivity index (χ0v) is 14.7. The largest absolute Gasteiger partial charge is 0.493 e. The maximum absolute atomic E-state index is 13.3. The van der Waals surface area contributed by atoms with E-state index in [9.17, 15) is 4.79 Å². The van der Waals surface area contributed by atoms with Crippen LogP contribution in [-0.2, 0) is 6.54 Å². The summed E-state index contributed by atoms with van der Waals surface area (Å²) in [7, 11) is 3.18. The van der Waals surface area contributed by atoms with Crippen LogP contribution >= 0.6 is 0 Å². The Hall–Kier alpha value is -3.27. The van der Waals surface area contributed by atoms with Crippen molar-refractivity contribution < 1.29 is 9.47 Å². The van der Waals surface area contributed by atoms with Crippen molar-refractivity contribution in [2.75, 3.05) is 14.2 Å². The third-order valence-corrected chi connectivity index (χ3v) is 4.67. The second-order valence-corrected chi connectivity index (χ2v) is 6.15. The van der Waals surface area contributed by atoms with Crippen molar-refractivity contribution in [3.05, 3.63) is 82.6 Å². The first-order chi connectivity index (χ1) is 12.7. The van der Waals surface area contributed by atoms with Crippen molar-refractivity contribution in [2.24, 2.45) is 0 Å². The van der Waals surface area contributed by atoms with E-state index in [4.69, 9.17) is 9.47 Å². The van der Waals surface area contributed by atoms with Gasteiger partial charge in [-0.15, -0.1) is 0 Å². The monoisotopic (exact) mass is 345 g/mol. The van der Waals surface area contributed by atoms with Crippen LogP contribution in [0.2, 0.25) is 0 Å². The van der Waals surface area contributed by atoms with Gasteiger partial charge in [0.1, 0.15) is 0 Å². The van der Waals surface area contributed by atoms with E-state index in [1.54, 1.807) is 20.3 Å². The smallest absolute Gasteiger partial charge is 0.259 e. The van der Waals surface area contributed by atoms with Gasteiger partial charge in [0, 0.05) is 10.8 Å². The van der Waals surface area contributed by atoms with Gasteiger partial charge in [-0.05, 0) is 23.8 Å². The van der Waals surface area contributed by atoms with E-state index in [0.717, 1.165) is 21.9 Å². The van der Waals surface area contributed by atoms with Gasteiger partial charge in [-0.25, -0.2) is 0 Å². The SMILES string of the molecule is COc1cc2c(=O)n(Cc3ccccc3)c3ccccc3c2cc1OC. The molecule has 26 heavy (non-hydrogen) atoms. The fraction of sp³-hybridized carbons (Fsp3) is 0.136. The Morgan fingerprint density at radius 1 is 0.769 bits per heavy atom. The van der Waals surface area contributed by atoms with Gasteiger partial charge in [0.05, 0.1) is 31.7 Å². The zero-order chi connectivity index (χ0) is 18.1. The number of rotatable bonds is 4. The van der Waals surface area contributed by atoms with Crippen LogP contribution in [0.1, 0.15) is 5.56 Å². The van der Waals surface area contributed by atoms with Crippen LogP contribution in [0, 0.1) is 0 Å². The lowest BCUT2D eigenvalue weighted by Crippen LogP contribution is -2.21. The lowest BCUT2D eigenvalue weighted by atomic mass is 10.0. The number of fused-ring (bicyclic) bond motifs is 3. The summed E-state index contributed by atoms with van der Waals surface area (Å²) in [6, 6.07) is 21.6. The Balaban J connectivity index is 2.08. The minimum absolute atomic E-state index is 0.0384. The summed E-state index contributed by atoms with van der Waals surface area (Å²) in [5, 5.41) is 2.50. The molecular formula is C22H19NO3. The summed E-state index contributed by atoms with van der Waals surface area (Å²) in [6.45, 7) is 0.518. The number of hydrogen-bond acceptors (Lipinski definition) is 3. The Labute approximate surface area is 151 Å². The van der Waals surface area contributed by atoms with E-state index < -0.39 is 0 Å². The van der Waals surface area contributed by atoms with Gasteiger partial charge in [-0.1, -0.05) is 48.5 Å². The molecule has 3 aromatic carbocycles. The highest BCUT2D eigenvalue weighted by Crippen LogP contribution is 2.34. The summed E-state index contributed by atoms with van der Waals surface area (Å²) in [4.78, 5) is 13.3. The van der Waals surface area contributed by atoms with Crippen molar-refractivity contribution >= 4 is 21.7 Å². The highest BCUT2D eigenvalue weighted by Gasteiger charge is 2.15. The lowest BCUT2D eigenvalue weighted by molar-refractivity contribution is 0.356.